The van der Waals surface area contributed by atoms with Gasteiger partial charge in [0.25, 0.3) is 0 Å². The lowest BCUT2D eigenvalue weighted by Crippen LogP contribution is -2.51. The van der Waals surface area contributed by atoms with E-state index in [9.17, 15) is 9.59 Å². The zero-order valence-corrected chi connectivity index (χ0v) is 13.3. The van der Waals surface area contributed by atoms with Crippen LogP contribution in [0, 0.1) is 0 Å². The molecule has 0 aliphatic carbocycles. The lowest BCUT2D eigenvalue weighted by Gasteiger charge is -2.28. The Morgan fingerprint density at radius 1 is 1.50 bits per heavy atom. The predicted octanol–water partition coefficient (Wildman–Crippen LogP) is 0.928. The SMILES string of the molecule is CSCC[C@H](NC(=O)N1CCCC1CN(C)C)C(=O)O. The van der Waals surface area contributed by atoms with Crippen LogP contribution in [0.15, 0.2) is 0 Å². The standard InChI is InChI=1S/C13H25N3O3S/c1-15(2)9-10-5-4-7-16(10)13(19)14-11(12(17)18)6-8-20-3/h10-11H,4-9H2,1-3H3,(H,14,19)(H,17,18)/t10?,11-/m0/s1. The molecular formula is C13H25N3O3S. The molecule has 1 saturated heterocycles. The van der Waals surface area contributed by atoms with E-state index in [1.165, 1.54) is 0 Å². The number of urea groups is 1. The van der Waals surface area contributed by atoms with Crippen molar-refractivity contribution < 1.29 is 14.7 Å². The molecule has 0 aromatic heterocycles. The number of carboxylic acids is 1. The number of aliphatic carboxylic acids is 1. The van der Waals surface area contributed by atoms with Crippen LogP contribution in [-0.2, 0) is 4.79 Å². The summed E-state index contributed by atoms with van der Waals surface area (Å²) in [5, 5.41) is 11.8. The fraction of sp³-hybridized carbons (Fsp3) is 0.846. The van der Waals surface area contributed by atoms with E-state index < -0.39 is 12.0 Å². The van der Waals surface area contributed by atoms with Gasteiger partial charge in [0.1, 0.15) is 6.04 Å². The molecule has 0 aromatic carbocycles. The van der Waals surface area contributed by atoms with Crippen molar-refractivity contribution in [3.63, 3.8) is 0 Å². The number of likely N-dealkylation sites (tertiary alicyclic amines) is 1. The third-order valence-electron chi connectivity index (χ3n) is 3.42. The molecule has 0 saturated carbocycles. The Kier molecular flexibility index (Phi) is 7.15. The molecule has 7 heteroatoms. The van der Waals surface area contributed by atoms with Crippen molar-refractivity contribution >= 4 is 23.8 Å². The summed E-state index contributed by atoms with van der Waals surface area (Å²) in [4.78, 5) is 27.2. The Morgan fingerprint density at radius 2 is 2.20 bits per heavy atom. The molecule has 2 N–H and O–H groups in total. The van der Waals surface area contributed by atoms with E-state index in [2.05, 4.69) is 10.2 Å². The summed E-state index contributed by atoms with van der Waals surface area (Å²) in [6.07, 6.45) is 4.34. The maximum atomic E-state index is 12.2. The second kappa shape index (κ2) is 8.36. The first kappa shape index (κ1) is 17.1. The zero-order valence-electron chi connectivity index (χ0n) is 12.5. The molecule has 0 spiro atoms. The topological polar surface area (TPSA) is 72.9 Å². The van der Waals surface area contributed by atoms with E-state index in [1.807, 2.05) is 20.4 Å². The quantitative estimate of drug-likeness (QED) is 0.732. The second-order valence-electron chi connectivity index (χ2n) is 5.37. The largest absolute Gasteiger partial charge is 0.480 e. The van der Waals surface area contributed by atoms with Crippen LogP contribution < -0.4 is 5.32 Å². The van der Waals surface area contributed by atoms with Gasteiger partial charge in [-0.2, -0.15) is 11.8 Å². The van der Waals surface area contributed by atoms with Gasteiger partial charge in [-0.1, -0.05) is 0 Å². The van der Waals surface area contributed by atoms with E-state index in [1.54, 1.807) is 16.7 Å². The number of carbonyl (C=O) groups excluding carboxylic acids is 1. The first-order valence-electron chi connectivity index (χ1n) is 6.89. The first-order valence-corrected chi connectivity index (χ1v) is 8.28. The van der Waals surface area contributed by atoms with Crippen LogP contribution in [0.3, 0.4) is 0 Å². The minimum absolute atomic E-state index is 0.181. The van der Waals surface area contributed by atoms with Crippen LogP contribution in [0.5, 0.6) is 0 Å². The number of carboxylic acid groups (broad SMARTS) is 1. The molecule has 1 fully saturated rings. The van der Waals surface area contributed by atoms with Gasteiger partial charge in [-0.15, -0.1) is 0 Å². The zero-order chi connectivity index (χ0) is 15.1. The lowest BCUT2D eigenvalue weighted by molar-refractivity contribution is -0.139. The summed E-state index contributed by atoms with van der Waals surface area (Å²) in [5.41, 5.74) is 0. The number of amides is 2. The molecule has 1 aliphatic rings. The van der Waals surface area contributed by atoms with Gasteiger partial charge in [-0.25, -0.2) is 9.59 Å². The third-order valence-corrected chi connectivity index (χ3v) is 4.06. The van der Waals surface area contributed by atoms with Gasteiger partial charge in [0, 0.05) is 19.1 Å². The van der Waals surface area contributed by atoms with Crippen LogP contribution in [0.2, 0.25) is 0 Å². The molecule has 116 valence electrons. The van der Waals surface area contributed by atoms with Crippen LogP contribution in [0.4, 0.5) is 4.79 Å². The van der Waals surface area contributed by atoms with Gasteiger partial charge < -0.3 is 20.2 Å². The summed E-state index contributed by atoms with van der Waals surface area (Å²) in [6.45, 7) is 1.52. The fourth-order valence-electron chi connectivity index (χ4n) is 2.44. The molecule has 0 bridgehead atoms. The van der Waals surface area contributed by atoms with Crippen LogP contribution in [-0.4, -0.2) is 78.2 Å². The highest BCUT2D eigenvalue weighted by Crippen LogP contribution is 2.18. The second-order valence-corrected chi connectivity index (χ2v) is 6.36. The van der Waals surface area contributed by atoms with Crippen molar-refractivity contribution in [2.75, 3.05) is 39.2 Å². The van der Waals surface area contributed by atoms with Crippen molar-refractivity contribution in [2.45, 2.75) is 31.3 Å². The minimum atomic E-state index is -0.962. The van der Waals surface area contributed by atoms with Gasteiger partial charge in [0.05, 0.1) is 0 Å². The molecular weight excluding hydrogens is 278 g/mol. The number of nitrogens with one attached hydrogen (secondary N) is 1. The summed E-state index contributed by atoms with van der Waals surface area (Å²) in [5.74, 6) is -0.242. The first-order chi connectivity index (χ1) is 9.45. The van der Waals surface area contributed by atoms with Crippen molar-refractivity contribution in [1.29, 1.82) is 0 Å². The maximum absolute atomic E-state index is 12.2. The highest BCUT2D eigenvalue weighted by atomic mass is 32.2. The molecule has 1 heterocycles. The Bertz CT molecular complexity index is 339. The third kappa shape index (κ3) is 5.20. The summed E-state index contributed by atoms with van der Waals surface area (Å²) in [6, 6.07) is -0.863. The van der Waals surface area contributed by atoms with E-state index in [0.717, 1.165) is 25.1 Å². The molecule has 0 aromatic rings. The van der Waals surface area contributed by atoms with Gasteiger partial charge >= 0.3 is 12.0 Å². The average molecular weight is 303 g/mol. The summed E-state index contributed by atoms with van der Waals surface area (Å²) < 4.78 is 0. The van der Waals surface area contributed by atoms with Crippen LogP contribution in [0.1, 0.15) is 19.3 Å². The van der Waals surface area contributed by atoms with Crippen molar-refractivity contribution in [3.8, 4) is 0 Å². The fourth-order valence-corrected chi connectivity index (χ4v) is 2.91. The van der Waals surface area contributed by atoms with Crippen LogP contribution in [0.25, 0.3) is 0 Å². The average Bonchev–Trinajstić information content (AvgIpc) is 2.81. The number of hydrogen-bond acceptors (Lipinski definition) is 4. The Balaban J connectivity index is 2.56. The molecule has 0 radical (unpaired) electrons. The van der Waals surface area contributed by atoms with Gasteiger partial charge in [-0.05, 0) is 45.4 Å². The Labute approximate surface area is 124 Å². The summed E-state index contributed by atoms with van der Waals surface area (Å²) >= 11 is 1.58. The van der Waals surface area contributed by atoms with E-state index in [-0.39, 0.29) is 12.1 Å². The molecule has 1 unspecified atom stereocenters. The molecule has 1 aliphatic heterocycles. The maximum Gasteiger partial charge on any atom is 0.326 e. The highest BCUT2D eigenvalue weighted by Gasteiger charge is 2.31. The van der Waals surface area contributed by atoms with Gasteiger partial charge in [-0.3, -0.25) is 0 Å². The number of carbonyl (C=O) groups is 2. The highest BCUT2D eigenvalue weighted by molar-refractivity contribution is 7.98. The van der Waals surface area contributed by atoms with Crippen molar-refractivity contribution in [1.82, 2.24) is 15.1 Å². The van der Waals surface area contributed by atoms with Gasteiger partial charge in [0.2, 0.25) is 0 Å². The number of likely N-dealkylation sites (N-methyl/N-ethyl adjacent to an activating group) is 1. The monoisotopic (exact) mass is 303 g/mol. The molecule has 2 amide bonds. The normalized spacial score (nSPS) is 20.2. The Hall–Kier alpha value is -0.950. The molecule has 6 nitrogen and oxygen atoms in total. The lowest BCUT2D eigenvalue weighted by atomic mass is 10.2. The van der Waals surface area contributed by atoms with E-state index in [4.69, 9.17) is 5.11 Å². The molecule has 20 heavy (non-hydrogen) atoms. The number of nitrogens with zero attached hydrogens (tertiary/aromatic N) is 2. The number of hydrogen-bond donors (Lipinski definition) is 2. The van der Waals surface area contributed by atoms with Gasteiger partial charge in [0.15, 0.2) is 0 Å². The predicted molar refractivity (Wildman–Crippen MR) is 81.2 cm³/mol. The number of thioether (sulfide) groups is 1. The Morgan fingerprint density at radius 3 is 2.75 bits per heavy atom. The molecule has 2 atom stereocenters. The number of rotatable bonds is 7. The molecule has 1 rings (SSSR count). The smallest absolute Gasteiger partial charge is 0.326 e. The van der Waals surface area contributed by atoms with E-state index in [0.29, 0.717) is 13.0 Å². The van der Waals surface area contributed by atoms with Crippen molar-refractivity contribution in [3.05, 3.63) is 0 Å². The summed E-state index contributed by atoms with van der Waals surface area (Å²) in [7, 11) is 3.96. The minimum Gasteiger partial charge on any atom is -0.480 e. The van der Waals surface area contributed by atoms with E-state index >= 15 is 0 Å². The van der Waals surface area contributed by atoms with Crippen LogP contribution >= 0.6 is 11.8 Å². The van der Waals surface area contributed by atoms with Crippen molar-refractivity contribution in [2.24, 2.45) is 0 Å².